The molecule has 3 rings (SSSR count). The van der Waals surface area contributed by atoms with E-state index >= 15 is 0 Å². The Morgan fingerprint density at radius 1 is 1.36 bits per heavy atom. The summed E-state index contributed by atoms with van der Waals surface area (Å²) < 4.78 is 10.6. The molecule has 0 aliphatic carbocycles. The molecule has 2 saturated heterocycles. The molecule has 2 aliphatic heterocycles. The first-order valence-electron chi connectivity index (χ1n) is 9.32. The highest BCUT2D eigenvalue weighted by molar-refractivity contribution is 5.94. The summed E-state index contributed by atoms with van der Waals surface area (Å²) in [6, 6.07) is 0.883. The second-order valence-electron chi connectivity index (χ2n) is 6.59. The first-order chi connectivity index (χ1) is 12.2. The van der Waals surface area contributed by atoms with Gasteiger partial charge in [0.1, 0.15) is 17.2 Å². The number of nitrogens with zero attached hydrogens (tertiary/aromatic N) is 3. The van der Waals surface area contributed by atoms with Crippen molar-refractivity contribution in [1.29, 1.82) is 0 Å². The molecule has 7 nitrogen and oxygen atoms in total. The molecule has 0 amide bonds. The van der Waals surface area contributed by atoms with Crippen molar-refractivity contribution in [1.82, 2.24) is 14.9 Å². The van der Waals surface area contributed by atoms with Crippen LogP contribution in [-0.2, 0) is 15.9 Å². The molecule has 1 N–H and O–H groups in total. The third-order valence-corrected chi connectivity index (χ3v) is 4.94. The number of hydrogen-bond donors (Lipinski definition) is 1. The van der Waals surface area contributed by atoms with Crippen molar-refractivity contribution in [3.05, 3.63) is 17.6 Å². The van der Waals surface area contributed by atoms with Crippen molar-refractivity contribution in [3.8, 4) is 0 Å². The van der Waals surface area contributed by atoms with E-state index in [1.807, 2.05) is 6.92 Å². The summed E-state index contributed by atoms with van der Waals surface area (Å²) in [5.41, 5.74) is 0.422. The van der Waals surface area contributed by atoms with E-state index in [0.29, 0.717) is 30.1 Å². The van der Waals surface area contributed by atoms with Crippen LogP contribution in [0.15, 0.2) is 6.20 Å². The molecule has 0 bridgehead atoms. The summed E-state index contributed by atoms with van der Waals surface area (Å²) in [5, 5.41) is 3.46. The Bertz CT molecular complexity index is 582. The number of aryl methyl sites for hydroxylation is 1. The lowest BCUT2D eigenvalue weighted by Gasteiger charge is -2.35. The maximum atomic E-state index is 12.2. The van der Waals surface area contributed by atoms with Gasteiger partial charge in [-0.1, -0.05) is 6.92 Å². The molecular formula is C18H28N4O3. The molecule has 1 aromatic rings. The summed E-state index contributed by atoms with van der Waals surface area (Å²) in [6.07, 6.45) is 5.51. The molecule has 7 heteroatoms. The van der Waals surface area contributed by atoms with Crippen molar-refractivity contribution in [3.63, 3.8) is 0 Å². The average Bonchev–Trinajstić information content (AvgIpc) is 3.17. The van der Waals surface area contributed by atoms with E-state index in [2.05, 4.69) is 20.2 Å². The lowest BCUT2D eigenvalue weighted by atomic mass is 10.0. The molecule has 2 aliphatic rings. The molecular weight excluding hydrogens is 320 g/mol. The van der Waals surface area contributed by atoms with Crippen LogP contribution in [0.4, 0.5) is 5.82 Å². The number of ether oxygens (including phenoxy) is 2. The van der Waals surface area contributed by atoms with E-state index < -0.39 is 0 Å². The van der Waals surface area contributed by atoms with Crippen molar-refractivity contribution < 1.29 is 14.3 Å². The van der Waals surface area contributed by atoms with Crippen molar-refractivity contribution in [2.75, 3.05) is 38.2 Å². The molecule has 2 fully saturated rings. The zero-order valence-electron chi connectivity index (χ0n) is 15.2. The van der Waals surface area contributed by atoms with Gasteiger partial charge in [0.2, 0.25) is 0 Å². The monoisotopic (exact) mass is 348 g/mol. The summed E-state index contributed by atoms with van der Waals surface area (Å²) >= 11 is 0. The van der Waals surface area contributed by atoms with Crippen LogP contribution in [0.25, 0.3) is 0 Å². The van der Waals surface area contributed by atoms with Gasteiger partial charge in [-0.15, -0.1) is 0 Å². The highest BCUT2D eigenvalue weighted by Gasteiger charge is 2.28. The number of carbonyl (C=O) groups is 1. The zero-order chi connectivity index (χ0) is 17.6. The fourth-order valence-corrected chi connectivity index (χ4v) is 3.47. The highest BCUT2D eigenvalue weighted by atomic mass is 16.5. The van der Waals surface area contributed by atoms with Crippen LogP contribution in [0.5, 0.6) is 0 Å². The molecule has 0 unspecified atom stereocenters. The lowest BCUT2D eigenvalue weighted by Crippen LogP contribution is -2.45. The minimum absolute atomic E-state index is 0.311. The minimum Gasteiger partial charge on any atom is -0.462 e. The normalized spacial score (nSPS) is 22.1. The summed E-state index contributed by atoms with van der Waals surface area (Å²) in [5.74, 6) is 0.970. The number of rotatable bonds is 6. The fraction of sp³-hybridized carbons (Fsp3) is 0.722. The quantitative estimate of drug-likeness (QED) is 0.787. The summed E-state index contributed by atoms with van der Waals surface area (Å²) in [6.45, 7) is 7.98. The minimum atomic E-state index is -0.367. The van der Waals surface area contributed by atoms with Crippen LogP contribution in [0.3, 0.4) is 0 Å². The third kappa shape index (κ3) is 4.46. The van der Waals surface area contributed by atoms with Crippen molar-refractivity contribution >= 4 is 11.8 Å². The van der Waals surface area contributed by atoms with Gasteiger partial charge in [0, 0.05) is 44.4 Å². The van der Waals surface area contributed by atoms with Crippen LogP contribution in [0.2, 0.25) is 0 Å². The molecule has 1 aromatic heterocycles. The standard InChI is InChI=1S/C18H28N4O3/c1-3-16-19-11-15(18(23)25-4-2)17(21-16)20-13-5-8-22(9-6-13)14-7-10-24-12-14/h11,13-14H,3-10,12H2,1-2H3,(H,19,20,21)/t14-/m1/s1. The third-order valence-electron chi connectivity index (χ3n) is 4.94. The maximum absolute atomic E-state index is 12.2. The van der Waals surface area contributed by atoms with E-state index in [4.69, 9.17) is 9.47 Å². The van der Waals surface area contributed by atoms with Gasteiger partial charge in [-0.3, -0.25) is 4.90 Å². The highest BCUT2D eigenvalue weighted by Crippen LogP contribution is 2.22. The van der Waals surface area contributed by atoms with Gasteiger partial charge in [0.25, 0.3) is 0 Å². The van der Waals surface area contributed by atoms with Gasteiger partial charge in [0.15, 0.2) is 0 Å². The molecule has 0 spiro atoms. The molecule has 0 saturated carbocycles. The van der Waals surface area contributed by atoms with Gasteiger partial charge in [-0.2, -0.15) is 0 Å². The predicted molar refractivity (Wildman–Crippen MR) is 94.8 cm³/mol. The topological polar surface area (TPSA) is 76.6 Å². The van der Waals surface area contributed by atoms with E-state index in [0.717, 1.165) is 57.8 Å². The lowest BCUT2D eigenvalue weighted by molar-refractivity contribution is 0.0526. The van der Waals surface area contributed by atoms with Gasteiger partial charge in [-0.25, -0.2) is 14.8 Å². The molecule has 3 heterocycles. The van der Waals surface area contributed by atoms with Crippen molar-refractivity contribution in [2.45, 2.75) is 51.6 Å². The van der Waals surface area contributed by atoms with Gasteiger partial charge in [0.05, 0.1) is 13.2 Å². The first-order valence-corrected chi connectivity index (χ1v) is 9.32. The number of anilines is 1. The van der Waals surface area contributed by atoms with Crippen LogP contribution in [0, 0.1) is 0 Å². The molecule has 138 valence electrons. The fourth-order valence-electron chi connectivity index (χ4n) is 3.47. The van der Waals surface area contributed by atoms with E-state index in [1.54, 1.807) is 13.1 Å². The molecule has 0 aromatic carbocycles. The average molecular weight is 348 g/mol. The van der Waals surface area contributed by atoms with Crippen LogP contribution >= 0.6 is 0 Å². The van der Waals surface area contributed by atoms with E-state index in [1.165, 1.54) is 0 Å². The number of piperidine rings is 1. The smallest absolute Gasteiger partial charge is 0.343 e. The Balaban J connectivity index is 1.64. The largest absolute Gasteiger partial charge is 0.462 e. The van der Waals surface area contributed by atoms with Gasteiger partial charge >= 0.3 is 5.97 Å². The molecule has 1 atom stereocenters. The Morgan fingerprint density at radius 3 is 2.80 bits per heavy atom. The van der Waals surface area contributed by atoms with E-state index in [-0.39, 0.29) is 5.97 Å². The Morgan fingerprint density at radius 2 is 2.16 bits per heavy atom. The van der Waals surface area contributed by atoms with Crippen LogP contribution in [-0.4, -0.2) is 65.8 Å². The maximum Gasteiger partial charge on any atom is 0.343 e. The first kappa shape index (κ1) is 18.1. The van der Waals surface area contributed by atoms with Crippen molar-refractivity contribution in [2.24, 2.45) is 0 Å². The Kier molecular flexibility index (Phi) is 6.20. The SMILES string of the molecule is CCOC(=O)c1cnc(CC)nc1NC1CCN([C@@H]2CCOC2)CC1. The van der Waals surface area contributed by atoms with Gasteiger partial charge in [-0.05, 0) is 26.2 Å². The second-order valence-corrected chi connectivity index (χ2v) is 6.59. The van der Waals surface area contributed by atoms with Crippen LogP contribution in [0.1, 0.15) is 49.3 Å². The zero-order valence-corrected chi connectivity index (χ0v) is 15.2. The number of likely N-dealkylation sites (tertiary alicyclic amines) is 1. The predicted octanol–water partition coefficient (Wildman–Crippen LogP) is 1.88. The number of nitrogens with one attached hydrogen (secondary N) is 1. The number of carbonyl (C=O) groups excluding carboxylic acids is 1. The number of esters is 1. The Hall–Kier alpha value is -1.73. The number of hydrogen-bond acceptors (Lipinski definition) is 7. The van der Waals surface area contributed by atoms with E-state index in [9.17, 15) is 4.79 Å². The second kappa shape index (κ2) is 8.58. The molecule has 25 heavy (non-hydrogen) atoms. The number of aromatic nitrogens is 2. The van der Waals surface area contributed by atoms with Crippen LogP contribution < -0.4 is 5.32 Å². The molecule has 0 radical (unpaired) electrons. The summed E-state index contributed by atoms with van der Waals surface area (Å²) in [4.78, 5) is 23.5. The summed E-state index contributed by atoms with van der Waals surface area (Å²) in [7, 11) is 0. The Labute approximate surface area is 149 Å². The van der Waals surface area contributed by atoms with Gasteiger partial charge < -0.3 is 14.8 Å².